The summed E-state index contributed by atoms with van der Waals surface area (Å²) >= 11 is 0. The molecule has 1 rings (SSSR count). The molecule has 0 atom stereocenters. The topological polar surface area (TPSA) is 46.3 Å². The highest BCUT2D eigenvalue weighted by Gasteiger charge is 2.08. The molecule has 4 heteroatoms. The summed E-state index contributed by atoms with van der Waals surface area (Å²) in [7, 11) is 1.76. The predicted octanol–water partition coefficient (Wildman–Crippen LogP) is 1.91. The van der Waals surface area contributed by atoms with E-state index in [4.69, 9.17) is 5.73 Å². The first-order valence-corrected chi connectivity index (χ1v) is 5.82. The van der Waals surface area contributed by atoms with Crippen LogP contribution in [-0.4, -0.2) is 24.4 Å². The van der Waals surface area contributed by atoms with Crippen molar-refractivity contribution in [2.45, 2.75) is 25.8 Å². The van der Waals surface area contributed by atoms with E-state index in [1.165, 1.54) is 12.1 Å². The summed E-state index contributed by atoms with van der Waals surface area (Å²) in [5.74, 6) is -0.159. The van der Waals surface area contributed by atoms with Crippen molar-refractivity contribution in [2.75, 3.05) is 13.6 Å². The van der Waals surface area contributed by atoms with Crippen molar-refractivity contribution < 1.29 is 9.18 Å². The lowest BCUT2D eigenvalue weighted by molar-refractivity contribution is -0.130. The molecule has 0 bridgehead atoms. The van der Waals surface area contributed by atoms with E-state index < -0.39 is 0 Å². The van der Waals surface area contributed by atoms with Crippen LogP contribution in [0.25, 0.3) is 0 Å². The molecule has 0 radical (unpaired) electrons. The summed E-state index contributed by atoms with van der Waals surface area (Å²) in [5.41, 5.74) is 6.30. The first kappa shape index (κ1) is 13.6. The van der Waals surface area contributed by atoms with Crippen molar-refractivity contribution in [3.63, 3.8) is 0 Å². The lowest BCUT2D eigenvalue weighted by Gasteiger charge is -2.17. The molecular formula is C13H19FN2O. The third kappa shape index (κ3) is 4.95. The minimum absolute atomic E-state index is 0.0998. The zero-order valence-corrected chi connectivity index (χ0v) is 10.2. The molecule has 17 heavy (non-hydrogen) atoms. The molecule has 1 amide bonds. The monoisotopic (exact) mass is 238 g/mol. The van der Waals surface area contributed by atoms with Gasteiger partial charge in [0.05, 0.1) is 0 Å². The second kappa shape index (κ2) is 7.01. The van der Waals surface area contributed by atoms with Gasteiger partial charge in [-0.1, -0.05) is 12.1 Å². The molecular weight excluding hydrogens is 219 g/mol. The molecule has 1 aromatic rings. The Morgan fingerprint density at radius 2 is 1.94 bits per heavy atom. The minimum atomic E-state index is -0.259. The van der Waals surface area contributed by atoms with Crippen molar-refractivity contribution in [3.8, 4) is 0 Å². The van der Waals surface area contributed by atoms with Crippen LogP contribution in [0.5, 0.6) is 0 Å². The predicted molar refractivity (Wildman–Crippen MR) is 65.8 cm³/mol. The van der Waals surface area contributed by atoms with Gasteiger partial charge in [-0.15, -0.1) is 0 Å². The molecule has 0 aromatic heterocycles. The highest BCUT2D eigenvalue weighted by molar-refractivity contribution is 5.75. The fraction of sp³-hybridized carbons (Fsp3) is 0.462. The van der Waals surface area contributed by atoms with E-state index in [2.05, 4.69) is 0 Å². The smallest absolute Gasteiger partial charge is 0.222 e. The Hall–Kier alpha value is -1.42. The van der Waals surface area contributed by atoms with E-state index in [1.54, 1.807) is 24.1 Å². The van der Waals surface area contributed by atoms with Crippen molar-refractivity contribution in [1.29, 1.82) is 0 Å². The third-order valence-corrected chi connectivity index (χ3v) is 2.60. The minimum Gasteiger partial charge on any atom is -0.341 e. The molecule has 94 valence electrons. The zero-order chi connectivity index (χ0) is 12.7. The fourth-order valence-corrected chi connectivity index (χ4v) is 1.56. The van der Waals surface area contributed by atoms with Gasteiger partial charge in [0, 0.05) is 20.0 Å². The number of benzene rings is 1. The molecule has 0 aliphatic heterocycles. The lowest BCUT2D eigenvalue weighted by Crippen LogP contribution is -2.26. The molecule has 0 aliphatic rings. The number of rotatable bonds is 6. The van der Waals surface area contributed by atoms with Gasteiger partial charge in [0.2, 0.25) is 5.91 Å². The van der Waals surface area contributed by atoms with Crippen LogP contribution in [0, 0.1) is 5.82 Å². The Kier molecular flexibility index (Phi) is 5.63. The first-order valence-electron chi connectivity index (χ1n) is 5.82. The summed E-state index contributed by atoms with van der Waals surface area (Å²) in [6.07, 6.45) is 2.22. The van der Waals surface area contributed by atoms with Crippen molar-refractivity contribution >= 4 is 5.91 Å². The summed E-state index contributed by atoms with van der Waals surface area (Å²) in [6, 6.07) is 6.20. The van der Waals surface area contributed by atoms with Crippen LogP contribution in [0.1, 0.15) is 24.8 Å². The highest BCUT2D eigenvalue weighted by atomic mass is 19.1. The van der Waals surface area contributed by atoms with Gasteiger partial charge in [0.15, 0.2) is 0 Å². The summed E-state index contributed by atoms with van der Waals surface area (Å²) in [4.78, 5) is 13.4. The van der Waals surface area contributed by atoms with Crippen LogP contribution in [0.15, 0.2) is 24.3 Å². The maximum atomic E-state index is 12.7. The van der Waals surface area contributed by atoms with Crippen LogP contribution in [-0.2, 0) is 11.3 Å². The van der Waals surface area contributed by atoms with Crippen LogP contribution < -0.4 is 5.73 Å². The van der Waals surface area contributed by atoms with E-state index in [0.717, 1.165) is 18.4 Å². The maximum absolute atomic E-state index is 12.7. The molecule has 0 spiro atoms. The Morgan fingerprint density at radius 1 is 1.29 bits per heavy atom. The van der Waals surface area contributed by atoms with Crippen molar-refractivity contribution in [1.82, 2.24) is 4.90 Å². The van der Waals surface area contributed by atoms with Crippen LogP contribution in [0.4, 0.5) is 4.39 Å². The number of carbonyl (C=O) groups excluding carboxylic acids is 1. The van der Waals surface area contributed by atoms with E-state index in [-0.39, 0.29) is 11.7 Å². The van der Waals surface area contributed by atoms with Crippen molar-refractivity contribution in [2.24, 2.45) is 5.73 Å². The molecule has 0 saturated heterocycles. The molecule has 0 aliphatic carbocycles. The van der Waals surface area contributed by atoms with E-state index in [9.17, 15) is 9.18 Å². The molecule has 1 aromatic carbocycles. The normalized spacial score (nSPS) is 10.3. The summed E-state index contributed by atoms with van der Waals surface area (Å²) in [5, 5.41) is 0. The number of nitrogens with two attached hydrogens (primary N) is 1. The molecule has 0 fully saturated rings. The largest absolute Gasteiger partial charge is 0.341 e. The quantitative estimate of drug-likeness (QED) is 0.769. The number of halogens is 1. The second-order valence-corrected chi connectivity index (χ2v) is 4.12. The Labute approximate surface area is 101 Å². The second-order valence-electron chi connectivity index (χ2n) is 4.12. The Bertz CT molecular complexity index is 351. The number of unbranched alkanes of at least 4 members (excludes halogenated alkanes) is 1. The van der Waals surface area contributed by atoms with Gasteiger partial charge >= 0.3 is 0 Å². The van der Waals surface area contributed by atoms with E-state index in [1.807, 2.05) is 0 Å². The van der Waals surface area contributed by atoms with Crippen LogP contribution in [0.3, 0.4) is 0 Å². The average Bonchev–Trinajstić information content (AvgIpc) is 2.32. The first-order chi connectivity index (χ1) is 8.13. The van der Waals surface area contributed by atoms with Crippen LogP contribution >= 0.6 is 0 Å². The van der Waals surface area contributed by atoms with Gasteiger partial charge in [-0.2, -0.15) is 0 Å². The lowest BCUT2D eigenvalue weighted by atomic mass is 10.2. The zero-order valence-electron chi connectivity index (χ0n) is 10.2. The number of carbonyl (C=O) groups is 1. The molecule has 2 N–H and O–H groups in total. The summed E-state index contributed by atoms with van der Waals surface area (Å²) in [6.45, 7) is 1.14. The van der Waals surface area contributed by atoms with Gasteiger partial charge in [-0.05, 0) is 37.1 Å². The van der Waals surface area contributed by atoms with Gasteiger partial charge in [0.1, 0.15) is 5.82 Å². The summed E-state index contributed by atoms with van der Waals surface area (Å²) < 4.78 is 12.7. The molecule has 3 nitrogen and oxygen atoms in total. The van der Waals surface area contributed by atoms with Crippen LogP contribution in [0.2, 0.25) is 0 Å². The molecule has 0 unspecified atom stereocenters. The van der Waals surface area contributed by atoms with Gasteiger partial charge in [0.25, 0.3) is 0 Å². The number of amides is 1. The highest BCUT2D eigenvalue weighted by Crippen LogP contribution is 2.07. The molecule has 0 heterocycles. The Balaban J connectivity index is 2.40. The molecule has 0 saturated carbocycles. The maximum Gasteiger partial charge on any atom is 0.222 e. The number of hydrogen-bond donors (Lipinski definition) is 1. The van der Waals surface area contributed by atoms with Crippen molar-refractivity contribution in [3.05, 3.63) is 35.6 Å². The van der Waals surface area contributed by atoms with E-state index in [0.29, 0.717) is 19.5 Å². The number of hydrogen-bond acceptors (Lipinski definition) is 2. The third-order valence-electron chi connectivity index (χ3n) is 2.60. The SMILES string of the molecule is CN(Cc1ccc(F)cc1)C(=O)CCCCN. The fourth-order valence-electron chi connectivity index (χ4n) is 1.56. The van der Waals surface area contributed by atoms with Gasteiger partial charge < -0.3 is 10.6 Å². The standard InChI is InChI=1S/C13H19FN2O/c1-16(13(17)4-2-3-9-15)10-11-5-7-12(14)8-6-11/h5-8H,2-4,9-10,15H2,1H3. The van der Waals surface area contributed by atoms with Gasteiger partial charge in [-0.3, -0.25) is 4.79 Å². The van der Waals surface area contributed by atoms with Gasteiger partial charge in [-0.25, -0.2) is 4.39 Å². The average molecular weight is 238 g/mol. The van der Waals surface area contributed by atoms with E-state index >= 15 is 0 Å². The number of nitrogens with zero attached hydrogens (tertiary/aromatic N) is 1. The Morgan fingerprint density at radius 3 is 2.53 bits per heavy atom.